The summed E-state index contributed by atoms with van der Waals surface area (Å²) in [5.74, 6) is 0. The molecule has 3 nitrogen and oxygen atoms in total. The van der Waals surface area contributed by atoms with Crippen molar-refractivity contribution in [3.8, 4) is 0 Å². The number of rotatable bonds is 2. The SMILES string of the molecule is Clc1ccc(CN2CCC3(CCCNC3)C2)cn1. The van der Waals surface area contributed by atoms with Gasteiger partial charge in [0.1, 0.15) is 5.15 Å². The van der Waals surface area contributed by atoms with Crippen LogP contribution >= 0.6 is 11.6 Å². The molecule has 3 rings (SSSR count). The first-order valence-corrected chi connectivity index (χ1v) is 7.17. The van der Waals surface area contributed by atoms with E-state index in [1.807, 2.05) is 12.3 Å². The Morgan fingerprint density at radius 3 is 3.06 bits per heavy atom. The van der Waals surface area contributed by atoms with Crippen LogP contribution in [0.5, 0.6) is 0 Å². The van der Waals surface area contributed by atoms with Crippen molar-refractivity contribution in [2.45, 2.75) is 25.8 Å². The molecule has 18 heavy (non-hydrogen) atoms. The molecule has 1 atom stereocenters. The number of halogens is 1. The fraction of sp³-hybridized carbons (Fsp3) is 0.643. The molecule has 2 aliphatic rings. The summed E-state index contributed by atoms with van der Waals surface area (Å²) in [4.78, 5) is 6.71. The van der Waals surface area contributed by atoms with E-state index in [0.717, 1.165) is 6.54 Å². The molecule has 2 saturated heterocycles. The number of piperidine rings is 1. The van der Waals surface area contributed by atoms with Gasteiger partial charge in [0.25, 0.3) is 0 Å². The molecule has 1 unspecified atom stereocenters. The van der Waals surface area contributed by atoms with Crippen LogP contribution in [0.25, 0.3) is 0 Å². The molecule has 2 aliphatic heterocycles. The number of likely N-dealkylation sites (tertiary alicyclic amines) is 1. The monoisotopic (exact) mass is 265 g/mol. The Balaban J connectivity index is 1.60. The minimum absolute atomic E-state index is 0.540. The Kier molecular flexibility index (Phi) is 3.55. The summed E-state index contributed by atoms with van der Waals surface area (Å²) in [5.41, 5.74) is 1.80. The summed E-state index contributed by atoms with van der Waals surface area (Å²) in [6.45, 7) is 5.84. The van der Waals surface area contributed by atoms with Crippen LogP contribution in [-0.4, -0.2) is 36.1 Å². The van der Waals surface area contributed by atoms with Gasteiger partial charge in [-0.3, -0.25) is 4.90 Å². The predicted molar refractivity (Wildman–Crippen MR) is 73.7 cm³/mol. The highest BCUT2D eigenvalue weighted by molar-refractivity contribution is 6.29. The molecule has 4 heteroatoms. The topological polar surface area (TPSA) is 28.2 Å². The first kappa shape index (κ1) is 12.4. The number of pyridine rings is 1. The van der Waals surface area contributed by atoms with E-state index in [2.05, 4.69) is 21.3 Å². The first-order valence-electron chi connectivity index (χ1n) is 6.79. The molecule has 0 amide bonds. The molecule has 1 spiro atoms. The van der Waals surface area contributed by atoms with Gasteiger partial charge in [0.2, 0.25) is 0 Å². The Morgan fingerprint density at radius 2 is 2.33 bits per heavy atom. The summed E-state index contributed by atoms with van der Waals surface area (Å²) in [7, 11) is 0. The van der Waals surface area contributed by atoms with Crippen LogP contribution in [-0.2, 0) is 6.54 Å². The van der Waals surface area contributed by atoms with E-state index in [9.17, 15) is 0 Å². The molecule has 1 aromatic rings. The van der Waals surface area contributed by atoms with Crippen LogP contribution in [0.1, 0.15) is 24.8 Å². The van der Waals surface area contributed by atoms with Crippen molar-refractivity contribution in [2.24, 2.45) is 5.41 Å². The average molecular weight is 266 g/mol. The maximum Gasteiger partial charge on any atom is 0.129 e. The lowest BCUT2D eigenvalue weighted by Gasteiger charge is -2.34. The van der Waals surface area contributed by atoms with Gasteiger partial charge >= 0.3 is 0 Å². The lowest BCUT2D eigenvalue weighted by Crippen LogP contribution is -2.41. The van der Waals surface area contributed by atoms with Gasteiger partial charge in [-0.05, 0) is 49.4 Å². The summed E-state index contributed by atoms with van der Waals surface area (Å²) in [6, 6.07) is 3.96. The van der Waals surface area contributed by atoms with E-state index < -0.39 is 0 Å². The quantitative estimate of drug-likeness (QED) is 0.832. The predicted octanol–water partition coefficient (Wildman–Crippen LogP) is 2.31. The molecule has 0 radical (unpaired) electrons. The van der Waals surface area contributed by atoms with Crippen LogP contribution in [0.3, 0.4) is 0 Å². The molecule has 2 fully saturated rings. The maximum absolute atomic E-state index is 5.81. The molecule has 0 aliphatic carbocycles. The van der Waals surface area contributed by atoms with E-state index in [1.165, 1.54) is 51.0 Å². The number of hydrogen-bond acceptors (Lipinski definition) is 3. The smallest absolute Gasteiger partial charge is 0.129 e. The molecule has 0 aromatic carbocycles. The largest absolute Gasteiger partial charge is 0.316 e. The van der Waals surface area contributed by atoms with Crippen LogP contribution < -0.4 is 5.32 Å². The first-order chi connectivity index (χ1) is 8.76. The summed E-state index contributed by atoms with van der Waals surface area (Å²) < 4.78 is 0. The van der Waals surface area contributed by atoms with E-state index in [0.29, 0.717) is 10.6 Å². The number of hydrogen-bond donors (Lipinski definition) is 1. The van der Waals surface area contributed by atoms with E-state index >= 15 is 0 Å². The standard InChI is InChI=1S/C14H20ClN3/c15-13-3-2-12(8-17-13)9-18-7-5-14(11-18)4-1-6-16-10-14/h2-3,8,16H,1,4-7,9-11H2. The van der Waals surface area contributed by atoms with E-state index in [4.69, 9.17) is 11.6 Å². The fourth-order valence-electron chi connectivity index (χ4n) is 3.30. The highest BCUT2D eigenvalue weighted by Crippen LogP contribution is 2.36. The van der Waals surface area contributed by atoms with Crippen molar-refractivity contribution in [3.63, 3.8) is 0 Å². The minimum atomic E-state index is 0.540. The zero-order valence-corrected chi connectivity index (χ0v) is 11.4. The van der Waals surface area contributed by atoms with E-state index in [-0.39, 0.29) is 0 Å². The van der Waals surface area contributed by atoms with Gasteiger partial charge in [-0.1, -0.05) is 17.7 Å². The summed E-state index contributed by atoms with van der Waals surface area (Å²) in [6.07, 6.45) is 5.94. The Morgan fingerprint density at radius 1 is 1.39 bits per heavy atom. The van der Waals surface area contributed by atoms with Gasteiger partial charge in [-0.25, -0.2) is 4.98 Å². The summed E-state index contributed by atoms with van der Waals surface area (Å²) >= 11 is 5.81. The zero-order chi connectivity index (χ0) is 12.4. The third kappa shape index (κ3) is 2.68. The second-order valence-electron chi connectivity index (χ2n) is 5.73. The van der Waals surface area contributed by atoms with Gasteiger partial charge in [-0.2, -0.15) is 0 Å². The molecule has 1 N–H and O–H groups in total. The van der Waals surface area contributed by atoms with Crippen LogP contribution in [0.15, 0.2) is 18.3 Å². The number of nitrogens with zero attached hydrogens (tertiary/aromatic N) is 2. The van der Waals surface area contributed by atoms with Crippen LogP contribution in [0.2, 0.25) is 5.15 Å². The second-order valence-corrected chi connectivity index (χ2v) is 6.12. The molecule has 0 saturated carbocycles. The van der Waals surface area contributed by atoms with Gasteiger partial charge < -0.3 is 5.32 Å². The van der Waals surface area contributed by atoms with Crippen molar-refractivity contribution in [2.75, 3.05) is 26.2 Å². The lowest BCUT2D eigenvalue weighted by atomic mass is 9.80. The van der Waals surface area contributed by atoms with Gasteiger partial charge in [0.15, 0.2) is 0 Å². The van der Waals surface area contributed by atoms with Crippen molar-refractivity contribution in [1.29, 1.82) is 0 Å². The molecule has 3 heterocycles. The number of nitrogens with one attached hydrogen (secondary N) is 1. The van der Waals surface area contributed by atoms with Crippen LogP contribution in [0.4, 0.5) is 0 Å². The third-order valence-corrected chi connectivity index (χ3v) is 4.50. The molecular formula is C14H20ClN3. The van der Waals surface area contributed by atoms with Crippen molar-refractivity contribution >= 4 is 11.6 Å². The van der Waals surface area contributed by atoms with E-state index in [1.54, 1.807) is 0 Å². The summed E-state index contributed by atoms with van der Waals surface area (Å²) in [5, 5.41) is 4.13. The van der Waals surface area contributed by atoms with Gasteiger partial charge in [0, 0.05) is 25.8 Å². The van der Waals surface area contributed by atoms with Crippen molar-refractivity contribution in [1.82, 2.24) is 15.2 Å². The minimum Gasteiger partial charge on any atom is -0.316 e. The Labute approximate surface area is 114 Å². The maximum atomic E-state index is 5.81. The normalized spacial score (nSPS) is 28.9. The third-order valence-electron chi connectivity index (χ3n) is 4.27. The lowest BCUT2D eigenvalue weighted by molar-refractivity contribution is 0.199. The average Bonchev–Trinajstić information content (AvgIpc) is 2.76. The van der Waals surface area contributed by atoms with Gasteiger partial charge in [-0.15, -0.1) is 0 Å². The van der Waals surface area contributed by atoms with Crippen molar-refractivity contribution < 1.29 is 0 Å². The highest BCUT2D eigenvalue weighted by Gasteiger charge is 2.38. The molecule has 98 valence electrons. The Hall–Kier alpha value is -0.640. The van der Waals surface area contributed by atoms with Crippen LogP contribution in [0, 0.1) is 5.41 Å². The second kappa shape index (κ2) is 5.16. The molecular weight excluding hydrogens is 246 g/mol. The highest BCUT2D eigenvalue weighted by atomic mass is 35.5. The van der Waals surface area contributed by atoms with Gasteiger partial charge in [0.05, 0.1) is 0 Å². The Bertz CT molecular complexity index is 398. The molecule has 0 bridgehead atoms. The molecule has 1 aromatic heterocycles. The van der Waals surface area contributed by atoms with Crippen molar-refractivity contribution in [3.05, 3.63) is 29.0 Å². The fourth-order valence-corrected chi connectivity index (χ4v) is 3.41. The zero-order valence-electron chi connectivity index (χ0n) is 10.7. The number of aromatic nitrogens is 1.